The number of aryl methyl sites for hydroxylation is 1. The Bertz CT molecular complexity index is 1120. The summed E-state index contributed by atoms with van der Waals surface area (Å²) in [7, 11) is -1.74. The van der Waals surface area contributed by atoms with Crippen LogP contribution in [0.3, 0.4) is 0 Å². The number of fused-ring (bicyclic) bond motifs is 3. The largest absolute Gasteiger partial charge is 0.342 e. The molecule has 2 aromatic heterocycles. The van der Waals surface area contributed by atoms with Gasteiger partial charge in [-0.1, -0.05) is 18.2 Å². The first kappa shape index (κ1) is 17.1. The summed E-state index contributed by atoms with van der Waals surface area (Å²) < 4.78 is 28.4. The lowest BCUT2D eigenvalue weighted by atomic mass is 10.0. The van der Waals surface area contributed by atoms with Gasteiger partial charge < -0.3 is 9.47 Å². The number of likely N-dealkylation sites (tertiary alicyclic amines) is 1. The Hall–Kier alpha value is -2.28. The van der Waals surface area contributed by atoms with Gasteiger partial charge in [0.05, 0.1) is 22.8 Å². The summed E-state index contributed by atoms with van der Waals surface area (Å²) in [6, 6.07) is 9.51. The SMILES string of the molecule is C[C@@H]1CCCCN1C(=O)c1cc2c(c3ccccc3n2C)n1S(C)(=O)=O. The van der Waals surface area contributed by atoms with E-state index < -0.39 is 10.0 Å². The first-order valence-corrected chi connectivity index (χ1v) is 10.8. The van der Waals surface area contributed by atoms with Crippen molar-refractivity contribution in [3.05, 3.63) is 36.0 Å². The van der Waals surface area contributed by atoms with E-state index in [1.54, 1.807) is 6.07 Å². The monoisotopic (exact) mass is 373 g/mol. The second-order valence-corrected chi connectivity index (χ2v) is 9.04. The van der Waals surface area contributed by atoms with Gasteiger partial charge in [0.2, 0.25) is 10.0 Å². The molecule has 0 radical (unpaired) electrons. The maximum atomic E-state index is 13.2. The van der Waals surface area contributed by atoms with Crippen LogP contribution in [0.5, 0.6) is 0 Å². The number of hydrogen-bond acceptors (Lipinski definition) is 3. The van der Waals surface area contributed by atoms with Crippen LogP contribution in [0.2, 0.25) is 0 Å². The second kappa shape index (κ2) is 5.87. The number of para-hydroxylation sites is 1. The molecular weight excluding hydrogens is 350 g/mol. The quantitative estimate of drug-likeness (QED) is 0.694. The summed E-state index contributed by atoms with van der Waals surface area (Å²) in [5, 5.41) is 0.834. The molecule has 1 aliphatic heterocycles. The van der Waals surface area contributed by atoms with Gasteiger partial charge in [-0.3, -0.25) is 4.79 Å². The molecule has 1 fully saturated rings. The molecule has 0 bridgehead atoms. The molecule has 1 aliphatic rings. The Balaban J connectivity index is 2.01. The molecule has 26 heavy (non-hydrogen) atoms. The zero-order valence-electron chi connectivity index (χ0n) is 15.3. The predicted molar refractivity (Wildman–Crippen MR) is 103 cm³/mol. The molecule has 1 atom stereocenters. The number of hydrogen-bond donors (Lipinski definition) is 0. The van der Waals surface area contributed by atoms with Crippen molar-refractivity contribution in [2.75, 3.05) is 12.8 Å². The second-order valence-electron chi connectivity index (χ2n) is 7.21. The van der Waals surface area contributed by atoms with Crippen LogP contribution in [0.4, 0.5) is 0 Å². The molecule has 4 rings (SSSR count). The Labute approximate surface area is 153 Å². The summed E-state index contributed by atoms with van der Waals surface area (Å²) in [4.78, 5) is 15.0. The van der Waals surface area contributed by atoms with Crippen molar-refractivity contribution in [2.45, 2.75) is 32.2 Å². The standard InChI is InChI=1S/C19H23N3O3S/c1-13-8-6-7-11-21(13)19(23)17-12-16-18(22(17)26(3,24)25)14-9-4-5-10-15(14)20(16)2/h4-5,9-10,12-13H,6-8,11H2,1-3H3/t13-/m1/s1. The molecule has 1 saturated heterocycles. The molecule has 7 heteroatoms. The van der Waals surface area contributed by atoms with Crippen LogP contribution < -0.4 is 0 Å². The molecule has 0 aliphatic carbocycles. The van der Waals surface area contributed by atoms with Gasteiger partial charge in [-0.2, -0.15) is 0 Å². The molecule has 1 amide bonds. The number of benzene rings is 1. The molecule has 1 aromatic carbocycles. The van der Waals surface area contributed by atoms with Crippen LogP contribution in [0.15, 0.2) is 30.3 Å². The lowest BCUT2D eigenvalue weighted by Crippen LogP contribution is -2.43. The van der Waals surface area contributed by atoms with E-state index in [9.17, 15) is 13.2 Å². The third-order valence-electron chi connectivity index (χ3n) is 5.43. The molecule has 0 spiro atoms. The fourth-order valence-corrected chi connectivity index (χ4v) is 5.13. The molecule has 0 unspecified atom stereocenters. The van der Waals surface area contributed by atoms with E-state index in [2.05, 4.69) is 0 Å². The van der Waals surface area contributed by atoms with Gasteiger partial charge in [-0.15, -0.1) is 0 Å². The lowest BCUT2D eigenvalue weighted by Gasteiger charge is -2.33. The number of rotatable bonds is 2. The van der Waals surface area contributed by atoms with Gasteiger partial charge >= 0.3 is 0 Å². The normalized spacial score (nSPS) is 18.7. The van der Waals surface area contributed by atoms with Crippen LogP contribution >= 0.6 is 0 Å². The lowest BCUT2D eigenvalue weighted by molar-refractivity contribution is 0.0629. The topological polar surface area (TPSA) is 64.3 Å². The van der Waals surface area contributed by atoms with Crippen LogP contribution in [0.1, 0.15) is 36.7 Å². The van der Waals surface area contributed by atoms with E-state index in [1.807, 2.05) is 47.7 Å². The van der Waals surface area contributed by atoms with Gasteiger partial charge in [0.1, 0.15) is 5.69 Å². The first-order chi connectivity index (χ1) is 12.3. The Morgan fingerprint density at radius 1 is 1.15 bits per heavy atom. The van der Waals surface area contributed by atoms with E-state index in [0.717, 1.165) is 41.9 Å². The van der Waals surface area contributed by atoms with Crippen LogP contribution in [-0.2, 0) is 17.1 Å². The Kier molecular flexibility index (Phi) is 3.87. The van der Waals surface area contributed by atoms with Crippen molar-refractivity contribution in [1.29, 1.82) is 0 Å². The van der Waals surface area contributed by atoms with E-state index in [1.165, 1.54) is 3.97 Å². The number of piperidine rings is 1. The average Bonchev–Trinajstić information content (AvgIpc) is 3.12. The minimum absolute atomic E-state index is 0.124. The molecule has 138 valence electrons. The molecule has 3 aromatic rings. The maximum absolute atomic E-state index is 13.2. The fraction of sp³-hybridized carbons (Fsp3) is 0.421. The highest BCUT2D eigenvalue weighted by Gasteiger charge is 2.31. The molecule has 3 heterocycles. The summed E-state index contributed by atoms with van der Waals surface area (Å²) in [6.45, 7) is 2.70. The van der Waals surface area contributed by atoms with E-state index in [4.69, 9.17) is 0 Å². The number of nitrogens with zero attached hydrogens (tertiary/aromatic N) is 3. The maximum Gasteiger partial charge on any atom is 0.271 e. The highest BCUT2D eigenvalue weighted by atomic mass is 32.2. The van der Waals surface area contributed by atoms with Gasteiger partial charge in [0.25, 0.3) is 5.91 Å². The fourth-order valence-electron chi connectivity index (χ4n) is 4.12. The molecule has 0 N–H and O–H groups in total. The summed E-state index contributed by atoms with van der Waals surface area (Å²) >= 11 is 0. The third kappa shape index (κ3) is 2.45. The first-order valence-electron chi connectivity index (χ1n) is 8.91. The zero-order valence-corrected chi connectivity index (χ0v) is 16.1. The van der Waals surface area contributed by atoms with E-state index in [0.29, 0.717) is 12.1 Å². The van der Waals surface area contributed by atoms with Crippen molar-refractivity contribution >= 4 is 37.9 Å². The van der Waals surface area contributed by atoms with E-state index in [-0.39, 0.29) is 17.6 Å². The smallest absolute Gasteiger partial charge is 0.271 e. The highest BCUT2D eigenvalue weighted by molar-refractivity contribution is 7.89. The average molecular weight is 373 g/mol. The third-order valence-corrected chi connectivity index (χ3v) is 6.48. The highest BCUT2D eigenvalue weighted by Crippen LogP contribution is 2.33. The molecule has 6 nitrogen and oxygen atoms in total. The van der Waals surface area contributed by atoms with Gasteiger partial charge in [0, 0.05) is 25.0 Å². The summed E-state index contributed by atoms with van der Waals surface area (Å²) in [5.74, 6) is -0.206. The molecular formula is C19H23N3O3S. The Morgan fingerprint density at radius 2 is 1.88 bits per heavy atom. The summed E-state index contributed by atoms with van der Waals surface area (Å²) in [6.07, 6.45) is 4.17. The predicted octanol–water partition coefficient (Wildman–Crippen LogP) is 2.96. The van der Waals surface area contributed by atoms with Crippen LogP contribution in [-0.4, -0.2) is 46.6 Å². The van der Waals surface area contributed by atoms with E-state index >= 15 is 0 Å². The van der Waals surface area contributed by atoms with Crippen molar-refractivity contribution in [3.63, 3.8) is 0 Å². The number of carbonyl (C=O) groups is 1. The molecule has 0 saturated carbocycles. The van der Waals surface area contributed by atoms with Gasteiger partial charge in [0.15, 0.2) is 0 Å². The Morgan fingerprint density at radius 3 is 2.58 bits per heavy atom. The van der Waals surface area contributed by atoms with Crippen molar-refractivity contribution in [2.24, 2.45) is 7.05 Å². The van der Waals surface area contributed by atoms with Crippen molar-refractivity contribution in [1.82, 2.24) is 13.4 Å². The number of carbonyl (C=O) groups excluding carboxylic acids is 1. The van der Waals surface area contributed by atoms with Crippen LogP contribution in [0, 0.1) is 0 Å². The number of aromatic nitrogens is 2. The zero-order chi connectivity index (χ0) is 18.6. The van der Waals surface area contributed by atoms with Crippen molar-refractivity contribution < 1.29 is 13.2 Å². The number of amides is 1. The minimum Gasteiger partial charge on any atom is -0.342 e. The van der Waals surface area contributed by atoms with Gasteiger partial charge in [-0.05, 0) is 38.3 Å². The minimum atomic E-state index is -3.64. The van der Waals surface area contributed by atoms with Crippen molar-refractivity contribution in [3.8, 4) is 0 Å². The van der Waals surface area contributed by atoms with Crippen LogP contribution in [0.25, 0.3) is 21.9 Å². The van der Waals surface area contributed by atoms with Gasteiger partial charge in [-0.25, -0.2) is 12.4 Å². The summed E-state index contributed by atoms with van der Waals surface area (Å²) in [5.41, 5.74) is 2.51.